The van der Waals surface area contributed by atoms with Crippen molar-refractivity contribution in [2.75, 3.05) is 10.0 Å². The molecule has 0 saturated heterocycles. The highest BCUT2D eigenvalue weighted by Gasteiger charge is 2.18. The van der Waals surface area contributed by atoms with Crippen LogP contribution in [0.3, 0.4) is 0 Å². The highest BCUT2D eigenvalue weighted by atomic mass is 35.5. The minimum atomic E-state index is -4.04. The summed E-state index contributed by atoms with van der Waals surface area (Å²) in [5.41, 5.74) is 2.25. The summed E-state index contributed by atoms with van der Waals surface area (Å²) in [6, 6.07) is 17.5. The molecule has 1 aromatic heterocycles. The Morgan fingerprint density at radius 2 is 1.76 bits per heavy atom. The Labute approximate surface area is 200 Å². The van der Waals surface area contributed by atoms with E-state index in [1.165, 1.54) is 18.2 Å². The number of amides is 1. The molecule has 0 atom stereocenters. The molecular weight excluding hydrogens is 479 g/mol. The van der Waals surface area contributed by atoms with Crippen molar-refractivity contribution in [2.45, 2.75) is 11.8 Å². The summed E-state index contributed by atoms with van der Waals surface area (Å²) in [5.74, 6) is -0.395. The van der Waals surface area contributed by atoms with E-state index in [2.05, 4.69) is 20.0 Å². The van der Waals surface area contributed by atoms with E-state index in [4.69, 9.17) is 11.6 Å². The average Bonchev–Trinajstić information content (AvgIpc) is 2.81. The minimum Gasteiger partial charge on any atom is -0.322 e. The van der Waals surface area contributed by atoms with Crippen LogP contribution >= 0.6 is 11.6 Å². The van der Waals surface area contributed by atoms with Crippen LogP contribution in [-0.2, 0) is 10.0 Å². The smallest absolute Gasteiger partial charge is 0.261 e. The van der Waals surface area contributed by atoms with Crippen molar-refractivity contribution in [3.8, 4) is 11.3 Å². The Morgan fingerprint density at radius 3 is 2.50 bits per heavy atom. The second-order valence-electron chi connectivity index (χ2n) is 7.28. The molecule has 0 saturated carbocycles. The van der Waals surface area contributed by atoms with Crippen molar-refractivity contribution in [2.24, 2.45) is 0 Å². The molecule has 2 N–H and O–H groups in total. The number of nitrogens with one attached hydrogen (secondary N) is 2. The van der Waals surface area contributed by atoms with E-state index in [1.54, 1.807) is 37.4 Å². The number of nitrogens with zero attached hydrogens (tertiary/aromatic N) is 2. The fourth-order valence-electron chi connectivity index (χ4n) is 3.14. The zero-order valence-corrected chi connectivity index (χ0v) is 19.4. The second-order valence-corrected chi connectivity index (χ2v) is 9.37. The molecule has 34 heavy (non-hydrogen) atoms. The normalized spacial score (nSPS) is 11.1. The van der Waals surface area contributed by atoms with Crippen LogP contribution in [0.1, 0.15) is 16.2 Å². The quantitative estimate of drug-likeness (QED) is 0.377. The number of carbonyl (C=O) groups excluding carboxylic acids is 1. The van der Waals surface area contributed by atoms with Gasteiger partial charge in [0.25, 0.3) is 15.9 Å². The van der Waals surface area contributed by atoms with Crippen molar-refractivity contribution in [1.82, 2.24) is 9.97 Å². The summed E-state index contributed by atoms with van der Waals surface area (Å²) >= 11 is 6.15. The Kier molecular flexibility index (Phi) is 6.58. The van der Waals surface area contributed by atoms with E-state index in [-0.39, 0.29) is 21.2 Å². The van der Waals surface area contributed by atoms with Crippen LogP contribution in [0, 0.1) is 12.7 Å². The molecule has 1 amide bonds. The van der Waals surface area contributed by atoms with Crippen LogP contribution in [-0.4, -0.2) is 24.3 Å². The lowest BCUT2D eigenvalue weighted by Gasteiger charge is -2.12. The van der Waals surface area contributed by atoms with Gasteiger partial charge in [0.1, 0.15) is 11.6 Å². The first-order chi connectivity index (χ1) is 16.2. The van der Waals surface area contributed by atoms with Crippen LogP contribution in [0.25, 0.3) is 11.3 Å². The van der Waals surface area contributed by atoms with E-state index in [9.17, 15) is 17.6 Å². The first kappa shape index (κ1) is 23.3. The van der Waals surface area contributed by atoms with Gasteiger partial charge in [-0.05, 0) is 67.6 Å². The summed E-state index contributed by atoms with van der Waals surface area (Å²) < 4.78 is 40.7. The predicted molar refractivity (Wildman–Crippen MR) is 129 cm³/mol. The monoisotopic (exact) mass is 496 g/mol. The largest absolute Gasteiger partial charge is 0.322 e. The number of aryl methyl sites for hydroxylation is 1. The number of benzene rings is 3. The molecule has 7 nitrogen and oxygen atoms in total. The molecule has 1 heterocycles. The van der Waals surface area contributed by atoms with Gasteiger partial charge in [0, 0.05) is 23.0 Å². The maximum Gasteiger partial charge on any atom is 0.261 e. The Balaban J connectivity index is 1.55. The molecule has 0 aliphatic heterocycles. The third-order valence-electron chi connectivity index (χ3n) is 4.79. The van der Waals surface area contributed by atoms with E-state index in [0.29, 0.717) is 17.2 Å². The van der Waals surface area contributed by atoms with Crippen LogP contribution < -0.4 is 10.0 Å². The van der Waals surface area contributed by atoms with Gasteiger partial charge in [0.15, 0.2) is 0 Å². The van der Waals surface area contributed by atoms with Crippen LogP contribution in [0.4, 0.5) is 15.8 Å². The van der Waals surface area contributed by atoms with Crippen LogP contribution in [0.2, 0.25) is 5.02 Å². The summed E-state index contributed by atoms with van der Waals surface area (Å²) in [4.78, 5) is 21.2. The first-order valence-corrected chi connectivity index (χ1v) is 11.9. The average molecular weight is 497 g/mol. The number of aromatic nitrogens is 2. The zero-order valence-electron chi connectivity index (χ0n) is 17.8. The van der Waals surface area contributed by atoms with E-state index in [1.807, 2.05) is 6.07 Å². The number of hydrogen-bond donors (Lipinski definition) is 2. The van der Waals surface area contributed by atoms with Crippen molar-refractivity contribution in [3.63, 3.8) is 0 Å². The molecule has 10 heteroatoms. The lowest BCUT2D eigenvalue weighted by molar-refractivity contribution is 0.102. The molecule has 0 radical (unpaired) electrons. The molecule has 3 aromatic carbocycles. The van der Waals surface area contributed by atoms with Gasteiger partial charge in [-0.1, -0.05) is 23.7 Å². The maximum atomic E-state index is 13.1. The number of hydrogen-bond acceptors (Lipinski definition) is 5. The van der Waals surface area contributed by atoms with Gasteiger partial charge in [-0.25, -0.2) is 22.8 Å². The number of rotatable bonds is 6. The number of halogens is 2. The summed E-state index contributed by atoms with van der Waals surface area (Å²) in [7, 11) is -4.04. The molecule has 172 valence electrons. The Hall–Kier alpha value is -3.82. The van der Waals surface area contributed by atoms with Gasteiger partial charge >= 0.3 is 0 Å². The second kappa shape index (κ2) is 9.58. The maximum absolute atomic E-state index is 13.1. The predicted octanol–water partition coefficient (Wildman–Crippen LogP) is 5.30. The van der Waals surface area contributed by atoms with Crippen molar-refractivity contribution >= 4 is 38.9 Å². The number of carbonyl (C=O) groups is 1. The topological polar surface area (TPSA) is 101 Å². The standard InChI is InChI=1S/C24H18ClFN4O3S/c1-15-27-12-11-22(28-15)16-3-2-4-19(13-16)29-24(31)17-5-10-21(25)23(14-17)30-34(32,33)20-8-6-18(26)7-9-20/h2-14,30H,1H3,(H,29,31). The van der Waals surface area contributed by atoms with Crippen molar-refractivity contribution in [1.29, 1.82) is 0 Å². The van der Waals surface area contributed by atoms with Crippen molar-refractivity contribution < 1.29 is 17.6 Å². The van der Waals surface area contributed by atoms with Gasteiger partial charge in [-0.3, -0.25) is 9.52 Å². The third kappa shape index (κ3) is 5.38. The Morgan fingerprint density at radius 1 is 1.00 bits per heavy atom. The van der Waals surface area contributed by atoms with Gasteiger partial charge in [0.2, 0.25) is 0 Å². The van der Waals surface area contributed by atoms with E-state index < -0.39 is 21.7 Å². The first-order valence-electron chi connectivity index (χ1n) is 10.0. The number of sulfonamides is 1. The molecule has 0 aliphatic rings. The summed E-state index contributed by atoms with van der Waals surface area (Å²) in [6.07, 6.45) is 1.66. The van der Waals surface area contributed by atoms with Crippen molar-refractivity contribution in [3.05, 3.63) is 101 Å². The lowest BCUT2D eigenvalue weighted by Crippen LogP contribution is -2.15. The number of anilines is 2. The molecular formula is C24H18ClFN4O3S. The molecule has 0 bridgehead atoms. The van der Waals surface area contributed by atoms with Gasteiger partial charge in [-0.15, -0.1) is 0 Å². The lowest BCUT2D eigenvalue weighted by atomic mass is 10.1. The molecule has 0 unspecified atom stereocenters. The molecule has 4 aromatic rings. The SMILES string of the molecule is Cc1nccc(-c2cccc(NC(=O)c3ccc(Cl)c(NS(=O)(=O)c4ccc(F)cc4)c3)c2)n1. The van der Waals surface area contributed by atoms with Crippen LogP contribution in [0.5, 0.6) is 0 Å². The summed E-state index contributed by atoms with van der Waals surface area (Å²) in [6.45, 7) is 1.79. The molecule has 0 spiro atoms. The van der Waals surface area contributed by atoms with Crippen LogP contribution in [0.15, 0.2) is 83.9 Å². The van der Waals surface area contributed by atoms with E-state index >= 15 is 0 Å². The highest BCUT2D eigenvalue weighted by molar-refractivity contribution is 7.92. The highest BCUT2D eigenvalue weighted by Crippen LogP contribution is 2.27. The Bertz CT molecular complexity index is 1480. The van der Waals surface area contributed by atoms with Gasteiger partial charge in [-0.2, -0.15) is 0 Å². The molecule has 4 rings (SSSR count). The third-order valence-corrected chi connectivity index (χ3v) is 6.50. The van der Waals surface area contributed by atoms with E-state index in [0.717, 1.165) is 29.8 Å². The summed E-state index contributed by atoms with van der Waals surface area (Å²) in [5, 5.41) is 2.89. The fourth-order valence-corrected chi connectivity index (χ4v) is 4.43. The fraction of sp³-hybridized carbons (Fsp3) is 0.0417. The minimum absolute atomic E-state index is 0.0175. The molecule has 0 aliphatic carbocycles. The van der Waals surface area contributed by atoms with Gasteiger partial charge in [0.05, 0.1) is 21.3 Å². The zero-order chi connectivity index (χ0) is 24.3. The molecule has 0 fully saturated rings. The van der Waals surface area contributed by atoms with Gasteiger partial charge < -0.3 is 5.32 Å².